The lowest BCUT2D eigenvalue weighted by molar-refractivity contribution is -0.895. The van der Waals surface area contributed by atoms with Crippen LogP contribution in [0.3, 0.4) is 0 Å². The van der Waals surface area contributed by atoms with Crippen molar-refractivity contribution in [2.45, 2.75) is 17.9 Å². The number of amides is 1. The van der Waals surface area contributed by atoms with Gasteiger partial charge in [0, 0.05) is 0 Å². The molecule has 0 spiro atoms. The Labute approximate surface area is 165 Å². The van der Waals surface area contributed by atoms with E-state index in [0.29, 0.717) is 13.1 Å². The van der Waals surface area contributed by atoms with Crippen LogP contribution in [-0.4, -0.2) is 51.4 Å². The van der Waals surface area contributed by atoms with E-state index in [1.807, 2.05) is 37.3 Å². The Morgan fingerprint density at radius 3 is 2.36 bits per heavy atom. The van der Waals surface area contributed by atoms with Gasteiger partial charge in [-0.25, -0.2) is 12.8 Å². The Morgan fingerprint density at radius 2 is 1.71 bits per heavy atom. The fourth-order valence-electron chi connectivity index (χ4n) is 3.36. The maximum atomic E-state index is 13.9. The third-order valence-electron chi connectivity index (χ3n) is 4.97. The number of sulfonamides is 1. The Morgan fingerprint density at radius 1 is 1.11 bits per heavy atom. The SMILES string of the molecule is C[C@@H](NC(=O)C[NH+]1CCN(S(=O)(=O)c2ccccc2F)CC1)c1ccccc1. The van der Waals surface area contributed by atoms with Crippen LogP contribution in [0.2, 0.25) is 0 Å². The van der Waals surface area contributed by atoms with Crippen LogP contribution in [0.1, 0.15) is 18.5 Å². The summed E-state index contributed by atoms with van der Waals surface area (Å²) in [6.45, 7) is 3.73. The number of nitrogens with one attached hydrogen (secondary N) is 2. The van der Waals surface area contributed by atoms with Crippen LogP contribution in [0.4, 0.5) is 4.39 Å². The van der Waals surface area contributed by atoms with Gasteiger partial charge in [0.2, 0.25) is 10.0 Å². The molecule has 1 saturated heterocycles. The molecule has 0 aliphatic carbocycles. The van der Waals surface area contributed by atoms with Crippen molar-refractivity contribution in [2.24, 2.45) is 0 Å². The molecule has 0 radical (unpaired) electrons. The molecular formula is C20H25FN3O3S+. The largest absolute Gasteiger partial charge is 0.345 e. The molecule has 1 atom stereocenters. The standard InChI is InChI=1S/C20H24FN3O3S/c1-16(17-7-3-2-4-8-17)22-20(25)15-23-11-13-24(14-12-23)28(26,27)19-10-6-5-9-18(19)21/h2-10,16H,11-15H2,1H3,(H,22,25)/p+1/t16-/m1/s1. The maximum Gasteiger partial charge on any atom is 0.275 e. The average molecular weight is 407 g/mol. The number of quaternary nitrogens is 1. The van der Waals surface area contributed by atoms with Crippen molar-refractivity contribution in [3.05, 3.63) is 66.0 Å². The van der Waals surface area contributed by atoms with Crippen LogP contribution < -0.4 is 10.2 Å². The predicted octanol–water partition coefficient (Wildman–Crippen LogP) is 0.592. The third kappa shape index (κ3) is 4.76. The van der Waals surface area contributed by atoms with E-state index in [2.05, 4.69) is 5.32 Å². The molecule has 2 aromatic rings. The van der Waals surface area contributed by atoms with Gasteiger partial charge in [0.25, 0.3) is 5.91 Å². The fraction of sp³-hybridized carbons (Fsp3) is 0.350. The minimum absolute atomic E-state index is 0.0724. The van der Waals surface area contributed by atoms with Crippen LogP contribution in [0.15, 0.2) is 59.5 Å². The third-order valence-corrected chi connectivity index (χ3v) is 6.90. The summed E-state index contributed by atoms with van der Waals surface area (Å²) >= 11 is 0. The molecule has 0 aromatic heterocycles. The van der Waals surface area contributed by atoms with Gasteiger partial charge in [-0.1, -0.05) is 42.5 Å². The number of carbonyl (C=O) groups is 1. The summed E-state index contributed by atoms with van der Waals surface area (Å²) in [6.07, 6.45) is 0. The second-order valence-corrected chi connectivity index (χ2v) is 8.87. The van der Waals surface area contributed by atoms with E-state index in [1.54, 1.807) is 0 Å². The summed E-state index contributed by atoms with van der Waals surface area (Å²) in [4.78, 5) is 13.0. The van der Waals surface area contributed by atoms with Crippen molar-refractivity contribution in [1.29, 1.82) is 0 Å². The van der Waals surface area contributed by atoms with Crippen LogP contribution in [0.25, 0.3) is 0 Å². The molecule has 8 heteroatoms. The molecule has 0 bridgehead atoms. The van der Waals surface area contributed by atoms with Gasteiger partial charge in [-0.15, -0.1) is 0 Å². The Hall–Kier alpha value is -2.29. The molecule has 28 heavy (non-hydrogen) atoms. The van der Waals surface area contributed by atoms with E-state index in [-0.39, 0.29) is 36.5 Å². The lowest BCUT2D eigenvalue weighted by atomic mass is 10.1. The van der Waals surface area contributed by atoms with Gasteiger partial charge < -0.3 is 10.2 Å². The summed E-state index contributed by atoms with van der Waals surface area (Å²) in [5.41, 5.74) is 1.03. The molecule has 1 aliphatic heterocycles. The van der Waals surface area contributed by atoms with Gasteiger partial charge in [-0.3, -0.25) is 4.79 Å². The Balaban J connectivity index is 1.53. The number of hydrogen-bond acceptors (Lipinski definition) is 3. The molecule has 0 saturated carbocycles. The van der Waals surface area contributed by atoms with Gasteiger partial charge in [-0.05, 0) is 24.6 Å². The maximum absolute atomic E-state index is 13.9. The second-order valence-electron chi connectivity index (χ2n) is 6.96. The first-order valence-corrected chi connectivity index (χ1v) is 10.7. The molecule has 1 heterocycles. The van der Waals surface area contributed by atoms with Crippen LogP contribution in [-0.2, 0) is 14.8 Å². The van der Waals surface area contributed by atoms with Crippen molar-refractivity contribution in [2.75, 3.05) is 32.7 Å². The normalized spacial score (nSPS) is 17.2. The molecule has 0 unspecified atom stereocenters. The molecule has 1 amide bonds. The first kappa shape index (κ1) is 20.4. The van der Waals surface area contributed by atoms with Crippen molar-refractivity contribution >= 4 is 15.9 Å². The molecule has 2 N–H and O–H groups in total. The van der Waals surface area contributed by atoms with Gasteiger partial charge in [0.05, 0.1) is 32.2 Å². The number of nitrogens with zero attached hydrogens (tertiary/aromatic N) is 1. The quantitative estimate of drug-likeness (QED) is 0.738. The number of carbonyl (C=O) groups excluding carboxylic acids is 1. The van der Waals surface area contributed by atoms with Crippen LogP contribution >= 0.6 is 0 Å². The molecule has 2 aromatic carbocycles. The molecule has 3 rings (SSSR count). The van der Waals surface area contributed by atoms with E-state index in [1.165, 1.54) is 22.5 Å². The van der Waals surface area contributed by atoms with E-state index >= 15 is 0 Å². The molecular weight excluding hydrogens is 381 g/mol. The van der Waals surface area contributed by atoms with Gasteiger partial charge in [0.1, 0.15) is 10.7 Å². The number of hydrogen-bond donors (Lipinski definition) is 2. The lowest BCUT2D eigenvalue weighted by Crippen LogP contribution is -3.15. The molecule has 6 nitrogen and oxygen atoms in total. The molecule has 150 valence electrons. The van der Waals surface area contributed by atoms with Crippen LogP contribution in [0, 0.1) is 5.82 Å². The van der Waals surface area contributed by atoms with Crippen molar-refractivity contribution < 1.29 is 22.5 Å². The van der Waals surface area contributed by atoms with Gasteiger partial charge >= 0.3 is 0 Å². The highest BCUT2D eigenvalue weighted by Crippen LogP contribution is 2.18. The zero-order valence-electron chi connectivity index (χ0n) is 15.8. The number of piperazine rings is 1. The highest BCUT2D eigenvalue weighted by atomic mass is 32.2. The summed E-state index contributed by atoms with van der Waals surface area (Å²) in [5, 5.41) is 2.98. The van der Waals surface area contributed by atoms with E-state index in [9.17, 15) is 17.6 Å². The van der Waals surface area contributed by atoms with Crippen molar-refractivity contribution in [3.8, 4) is 0 Å². The highest BCUT2D eigenvalue weighted by molar-refractivity contribution is 7.89. The highest BCUT2D eigenvalue weighted by Gasteiger charge is 2.32. The smallest absolute Gasteiger partial charge is 0.275 e. The van der Waals surface area contributed by atoms with E-state index in [4.69, 9.17) is 0 Å². The summed E-state index contributed by atoms with van der Waals surface area (Å²) in [5.74, 6) is -0.816. The Kier molecular flexibility index (Phi) is 6.43. The second kappa shape index (κ2) is 8.81. The van der Waals surface area contributed by atoms with E-state index in [0.717, 1.165) is 16.5 Å². The topological polar surface area (TPSA) is 70.9 Å². The van der Waals surface area contributed by atoms with Crippen LogP contribution in [0.5, 0.6) is 0 Å². The average Bonchev–Trinajstić information content (AvgIpc) is 2.69. The van der Waals surface area contributed by atoms with Gasteiger partial charge in [0.15, 0.2) is 6.54 Å². The first-order valence-electron chi connectivity index (χ1n) is 9.30. The minimum atomic E-state index is -3.86. The summed E-state index contributed by atoms with van der Waals surface area (Å²) in [7, 11) is -3.86. The monoisotopic (exact) mass is 406 g/mol. The van der Waals surface area contributed by atoms with Crippen molar-refractivity contribution in [1.82, 2.24) is 9.62 Å². The lowest BCUT2D eigenvalue weighted by Gasteiger charge is -2.31. The summed E-state index contributed by atoms with van der Waals surface area (Å²) < 4.78 is 40.5. The van der Waals surface area contributed by atoms with Gasteiger partial charge in [-0.2, -0.15) is 4.31 Å². The zero-order valence-corrected chi connectivity index (χ0v) is 16.6. The number of benzene rings is 2. The molecule has 1 fully saturated rings. The molecule has 1 aliphatic rings. The minimum Gasteiger partial charge on any atom is -0.345 e. The Bertz CT molecular complexity index is 913. The fourth-order valence-corrected chi connectivity index (χ4v) is 4.86. The number of halogens is 1. The summed E-state index contributed by atoms with van der Waals surface area (Å²) in [6, 6.07) is 15.0. The predicted molar refractivity (Wildman–Crippen MR) is 104 cm³/mol. The van der Waals surface area contributed by atoms with Crippen molar-refractivity contribution in [3.63, 3.8) is 0 Å². The number of rotatable bonds is 6. The van der Waals surface area contributed by atoms with E-state index < -0.39 is 15.8 Å². The zero-order chi connectivity index (χ0) is 20.1. The first-order chi connectivity index (χ1) is 13.4.